The molecule has 1 aliphatic rings. The SMILES string of the molecule is COc1ccccc1C1CN(Cc2ccccn2)CCN1C(C)=O. The van der Waals surface area contributed by atoms with Crippen molar-refractivity contribution < 1.29 is 9.53 Å². The van der Waals surface area contributed by atoms with Crippen LogP contribution >= 0.6 is 0 Å². The zero-order chi connectivity index (χ0) is 16.9. The number of para-hydroxylation sites is 1. The summed E-state index contributed by atoms with van der Waals surface area (Å²) in [7, 11) is 1.67. The lowest BCUT2D eigenvalue weighted by atomic mass is 10.0. The van der Waals surface area contributed by atoms with E-state index in [4.69, 9.17) is 4.74 Å². The van der Waals surface area contributed by atoms with Gasteiger partial charge in [0.2, 0.25) is 5.91 Å². The number of aromatic nitrogens is 1. The van der Waals surface area contributed by atoms with Crippen molar-refractivity contribution in [2.45, 2.75) is 19.5 Å². The van der Waals surface area contributed by atoms with E-state index in [0.717, 1.165) is 36.6 Å². The molecule has 0 N–H and O–H groups in total. The van der Waals surface area contributed by atoms with Gasteiger partial charge in [-0.15, -0.1) is 0 Å². The highest BCUT2D eigenvalue weighted by Gasteiger charge is 2.31. The van der Waals surface area contributed by atoms with E-state index < -0.39 is 0 Å². The highest BCUT2D eigenvalue weighted by molar-refractivity contribution is 5.74. The molecule has 0 bridgehead atoms. The average molecular weight is 325 g/mol. The average Bonchev–Trinajstić information content (AvgIpc) is 2.62. The third-order valence-corrected chi connectivity index (χ3v) is 4.48. The number of amides is 1. The van der Waals surface area contributed by atoms with Gasteiger partial charge in [0.15, 0.2) is 0 Å². The number of hydrogen-bond acceptors (Lipinski definition) is 4. The Bertz CT molecular complexity index is 690. The molecule has 0 saturated carbocycles. The number of ether oxygens (including phenoxy) is 1. The summed E-state index contributed by atoms with van der Waals surface area (Å²) in [6.45, 7) is 4.76. The molecule has 2 heterocycles. The summed E-state index contributed by atoms with van der Waals surface area (Å²) in [4.78, 5) is 20.8. The standard InChI is InChI=1S/C19H23N3O2/c1-15(23)22-12-11-21(13-16-7-5-6-10-20-16)14-18(22)17-8-3-4-9-19(17)24-2/h3-10,18H,11-14H2,1-2H3. The molecule has 126 valence electrons. The molecule has 1 aliphatic heterocycles. The van der Waals surface area contributed by atoms with E-state index in [2.05, 4.69) is 9.88 Å². The lowest BCUT2D eigenvalue weighted by Crippen LogP contribution is -2.49. The summed E-state index contributed by atoms with van der Waals surface area (Å²) in [5.41, 5.74) is 2.11. The summed E-state index contributed by atoms with van der Waals surface area (Å²) >= 11 is 0. The lowest BCUT2D eigenvalue weighted by Gasteiger charge is -2.41. The normalized spacial score (nSPS) is 18.4. The van der Waals surface area contributed by atoms with E-state index in [0.29, 0.717) is 6.54 Å². The molecule has 1 aromatic carbocycles. The topological polar surface area (TPSA) is 45.7 Å². The molecule has 3 rings (SSSR count). The maximum absolute atomic E-state index is 12.1. The van der Waals surface area contributed by atoms with Gasteiger partial charge in [0.25, 0.3) is 0 Å². The van der Waals surface area contributed by atoms with Gasteiger partial charge < -0.3 is 9.64 Å². The van der Waals surface area contributed by atoms with Crippen molar-refractivity contribution in [3.8, 4) is 5.75 Å². The summed E-state index contributed by atoms with van der Waals surface area (Å²) in [5.74, 6) is 0.928. The first-order chi connectivity index (χ1) is 11.7. The Morgan fingerprint density at radius 2 is 2.00 bits per heavy atom. The number of rotatable bonds is 4. The summed E-state index contributed by atoms with van der Waals surface area (Å²) in [6.07, 6.45) is 1.82. The van der Waals surface area contributed by atoms with Gasteiger partial charge in [-0.05, 0) is 18.2 Å². The molecule has 0 aliphatic carbocycles. The van der Waals surface area contributed by atoms with Gasteiger partial charge in [-0.1, -0.05) is 24.3 Å². The van der Waals surface area contributed by atoms with Gasteiger partial charge in [0.1, 0.15) is 5.75 Å². The Labute approximate surface area is 142 Å². The minimum Gasteiger partial charge on any atom is -0.496 e. The maximum atomic E-state index is 12.1. The molecule has 1 amide bonds. The van der Waals surface area contributed by atoms with Crippen LogP contribution in [0.25, 0.3) is 0 Å². The molecule has 0 radical (unpaired) electrons. The quantitative estimate of drug-likeness (QED) is 0.866. The predicted molar refractivity (Wildman–Crippen MR) is 92.6 cm³/mol. The predicted octanol–water partition coefficient (Wildman–Crippen LogP) is 2.50. The van der Waals surface area contributed by atoms with Crippen LogP contribution < -0.4 is 4.74 Å². The zero-order valence-electron chi connectivity index (χ0n) is 14.2. The zero-order valence-corrected chi connectivity index (χ0v) is 14.2. The number of methoxy groups -OCH3 is 1. The van der Waals surface area contributed by atoms with Crippen molar-refractivity contribution in [1.82, 2.24) is 14.8 Å². The van der Waals surface area contributed by atoms with Crippen LogP contribution in [0.5, 0.6) is 5.75 Å². The molecule has 24 heavy (non-hydrogen) atoms. The third kappa shape index (κ3) is 3.57. The molecule has 1 fully saturated rings. The molecular formula is C19H23N3O2. The first kappa shape index (κ1) is 16.5. The van der Waals surface area contributed by atoms with Gasteiger partial charge in [-0.3, -0.25) is 14.7 Å². The van der Waals surface area contributed by atoms with E-state index in [1.54, 1.807) is 14.0 Å². The number of hydrogen-bond donors (Lipinski definition) is 0. The number of nitrogens with zero attached hydrogens (tertiary/aromatic N) is 3. The van der Waals surface area contributed by atoms with Crippen LogP contribution in [0.15, 0.2) is 48.7 Å². The Morgan fingerprint density at radius 3 is 2.71 bits per heavy atom. The molecule has 1 unspecified atom stereocenters. The van der Waals surface area contributed by atoms with Gasteiger partial charge in [0.05, 0.1) is 18.8 Å². The number of pyridine rings is 1. The van der Waals surface area contributed by atoms with E-state index in [-0.39, 0.29) is 11.9 Å². The minimum absolute atomic E-state index is 0.00360. The van der Waals surface area contributed by atoms with E-state index >= 15 is 0 Å². The monoisotopic (exact) mass is 325 g/mol. The minimum atomic E-state index is -0.00360. The second-order valence-corrected chi connectivity index (χ2v) is 6.03. The molecular weight excluding hydrogens is 302 g/mol. The fraction of sp³-hybridized carbons (Fsp3) is 0.368. The third-order valence-electron chi connectivity index (χ3n) is 4.48. The van der Waals surface area contributed by atoms with Crippen LogP contribution in [0.3, 0.4) is 0 Å². The van der Waals surface area contributed by atoms with Crippen molar-refractivity contribution in [3.05, 3.63) is 59.9 Å². The number of benzene rings is 1. The van der Waals surface area contributed by atoms with Crippen LogP contribution in [0.4, 0.5) is 0 Å². The largest absolute Gasteiger partial charge is 0.496 e. The smallest absolute Gasteiger partial charge is 0.220 e. The summed E-state index contributed by atoms with van der Waals surface area (Å²) in [6, 6.07) is 13.9. The van der Waals surface area contributed by atoms with Crippen molar-refractivity contribution in [3.63, 3.8) is 0 Å². The van der Waals surface area contributed by atoms with Crippen LogP contribution in [-0.4, -0.2) is 47.4 Å². The van der Waals surface area contributed by atoms with Crippen LogP contribution in [0.2, 0.25) is 0 Å². The molecule has 1 saturated heterocycles. The van der Waals surface area contributed by atoms with Crippen molar-refractivity contribution in [2.75, 3.05) is 26.7 Å². The number of carbonyl (C=O) groups excluding carboxylic acids is 1. The van der Waals surface area contributed by atoms with E-state index in [9.17, 15) is 4.79 Å². The Kier molecular flexibility index (Phi) is 5.11. The van der Waals surface area contributed by atoms with Gasteiger partial charge in [-0.25, -0.2) is 0 Å². The molecule has 1 aromatic heterocycles. The first-order valence-electron chi connectivity index (χ1n) is 8.21. The number of carbonyl (C=O) groups is 1. The van der Waals surface area contributed by atoms with Gasteiger partial charge in [0, 0.05) is 44.9 Å². The summed E-state index contributed by atoms with van der Waals surface area (Å²) < 4.78 is 5.51. The Balaban J connectivity index is 1.83. The van der Waals surface area contributed by atoms with Crippen LogP contribution in [0, 0.1) is 0 Å². The molecule has 0 spiro atoms. The van der Waals surface area contributed by atoms with Crippen molar-refractivity contribution >= 4 is 5.91 Å². The van der Waals surface area contributed by atoms with Crippen LogP contribution in [0.1, 0.15) is 24.2 Å². The highest BCUT2D eigenvalue weighted by Crippen LogP contribution is 2.32. The van der Waals surface area contributed by atoms with Crippen molar-refractivity contribution in [1.29, 1.82) is 0 Å². The molecule has 5 heteroatoms. The fourth-order valence-electron chi connectivity index (χ4n) is 3.29. The second-order valence-electron chi connectivity index (χ2n) is 6.03. The summed E-state index contributed by atoms with van der Waals surface area (Å²) in [5, 5.41) is 0. The van der Waals surface area contributed by atoms with Gasteiger partial charge >= 0.3 is 0 Å². The lowest BCUT2D eigenvalue weighted by molar-refractivity contribution is -0.134. The van der Waals surface area contributed by atoms with E-state index in [1.165, 1.54) is 0 Å². The maximum Gasteiger partial charge on any atom is 0.220 e. The van der Waals surface area contributed by atoms with E-state index in [1.807, 2.05) is 53.6 Å². The Hall–Kier alpha value is -2.40. The van der Waals surface area contributed by atoms with Crippen LogP contribution in [-0.2, 0) is 11.3 Å². The second kappa shape index (κ2) is 7.45. The number of piperazine rings is 1. The molecule has 2 aromatic rings. The highest BCUT2D eigenvalue weighted by atomic mass is 16.5. The first-order valence-corrected chi connectivity index (χ1v) is 8.21. The molecule has 1 atom stereocenters. The van der Waals surface area contributed by atoms with Crippen molar-refractivity contribution in [2.24, 2.45) is 0 Å². The fourth-order valence-corrected chi connectivity index (χ4v) is 3.29. The molecule has 5 nitrogen and oxygen atoms in total. The Morgan fingerprint density at radius 1 is 1.21 bits per heavy atom. The van der Waals surface area contributed by atoms with Gasteiger partial charge in [-0.2, -0.15) is 0 Å².